The molecule has 2 atom stereocenters. The maximum atomic E-state index is 2.57. The molecule has 1 rings (SSSR count). The summed E-state index contributed by atoms with van der Waals surface area (Å²) < 4.78 is 1.91. The number of hydrogen-bond acceptors (Lipinski definition) is 0. The summed E-state index contributed by atoms with van der Waals surface area (Å²) in [7, 11) is 0. The molecule has 0 bridgehead atoms. The zero-order valence-electron chi connectivity index (χ0n) is 4.90. The molecule has 0 aromatic heterocycles. The molecule has 0 saturated heterocycles. The Morgan fingerprint density at radius 1 is 1.12 bits per heavy atom. The third-order valence-corrected chi connectivity index (χ3v) is 5.37. The van der Waals surface area contributed by atoms with Crippen LogP contribution in [0.5, 0.6) is 0 Å². The van der Waals surface area contributed by atoms with Gasteiger partial charge in [0.15, 0.2) is 0 Å². The van der Waals surface area contributed by atoms with Crippen LogP contribution in [0.2, 0.25) is 0 Å². The van der Waals surface area contributed by atoms with Gasteiger partial charge in [-0.15, -0.1) is 0 Å². The fourth-order valence-corrected chi connectivity index (χ4v) is 3.59. The molecular formula is C6H10I2. The van der Waals surface area contributed by atoms with E-state index < -0.39 is 0 Å². The van der Waals surface area contributed by atoms with Gasteiger partial charge in [0.1, 0.15) is 0 Å². The topological polar surface area (TPSA) is 0 Å². The Bertz CT molecular complexity index is 72.6. The summed E-state index contributed by atoms with van der Waals surface area (Å²) >= 11 is 5.14. The minimum atomic E-state index is 0.953. The van der Waals surface area contributed by atoms with Gasteiger partial charge in [-0.3, -0.25) is 0 Å². The standard InChI is InChI=1S/C6H10I2/c1-4-5(7)2-3-6(4)8/h4-6H,2-3H2,1H3. The summed E-state index contributed by atoms with van der Waals surface area (Å²) in [6.45, 7) is 2.36. The van der Waals surface area contributed by atoms with E-state index in [4.69, 9.17) is 0 Å². The molecule has 0 spiro atoms. The maximum absolute atomic E-state index is 2.57. The zero-order chi connectivity index (χ0) is 6.15. The van der Waals surface area contributed by atoms with Crippen molar-refractivity contribution < 1.29 is 0 Å². The van der Waals surface area contributed by atoms with Crippen LogP contribution >= 0.6 is 45.2 Å². The van der Waals surface area contributed by atoms with Crippen molar-refractivity contribution in [2.75, 3.05) is 0 Å². The van der Waals surface area contributed by atoms with Crippen LogP contribution in [-0.4, -0.2) is 7.85 Å². The summed E-state index contributed by atoms with van der Waals surface area (Å²) in [5.41, 5.74) is 0. The van der Waals surface area contributed by atoms with Crippen LogP contribution in [0.1, 0.15) is 19.8 Å². The Kier molecular flexibility index (Phi) is 2.87. The fourth-order valence-electron chi connectivity index (χ4n) is 1.07. The van der Waals surface area contributed by atoms with Gasteiger partial charge in [-0.2, -0.15) is 0 Å². The van der Waals surface area contributed by atoms with E-state index in [0.29, 0.717) is 0 Å². The van der Waals surface area contributed by atoms with E-state index in [9.17, 15) is 0 Å². The summed E-state index contributed by atoms with van der Waals surface area (Å²) in [5, 5.41) is 0. The first-order valence-electron chi connectivity index (χ1n) is 3.00. The van der Waals surface area contributed by atoms with Crippen molar-refractivity contribution in [3.05, 3.63) is 0 Å². The highest BCUT2D eigenvalue weighted by Gasteiger charge is 2.28. The molecule has 1 saturated carbocycles. The largest absolute Gasteiger partial charge is 0.0823 e. The molecule has 0 aromatic rings. The highest BCUT2D eigenvalue weighted by Crippen LogP contribution is 2.36. The van der Waals surface area contributed by atoms with Gasteiger partial charge < -0.3 is 0 Å². The maximum Gasteiger partial charge on any atom is 0.0146 e. The van der Waals surface area contributed by atoms with E-state index in [1.54, 1.807) is 0 Å². The third kappa shape index (κ3) is 1.49. The number of alkyl halides is 2. The van der Waals surface area contributed by atoms with Crippen LogP contribution in [0.3, 0.4) is 0 Å². The molecule has 1 fully saturated rings. The SMILES string of the molecule is CC1C(I)CCC1I. The minimum absolute atomic E-state index is 0.953. The average Bonchev–Trinajstić information content (AvgIpc) is 1.98. The first-order valence-corrected chi connectivity index (χ1v) is 5.49. The number of hydrogen-bond donors (Lipinski definition) is 0. The highest BCUT2D eigenvalue weighted by atomic mass is 127. The van der Waals surface area contributed by atoms with Crippen molar-refractivity contribution >= 4 is 45.2 Å². The molecular weight excluding hydrogens is 326 g/mol. The Labute approximate surface area is 78.1 Å². The average molecular weight is 336 g/mol. The Morgan fingerprint density at radius 3 is 1.62 bits per heavy atom. The lowest BCUT2D eigenvalue weighted by Gasteiger charge is -2.08. The Morgan fingerprint density at radius 2 is 1.50 bits per heavy atom. The molecule has 1 aliphatic carbocycles. The van der Waals surface area contributed by atoms with E-state index in [2.05, 4.69) is 52.1 Å². The van der Waals surface area contributed by atoms with E-state index in [0.717, 1.165) is 13.8 Å². The highest BCUT2D eigenvalue weighted by molar-refractivity contribution is 14.1. The minimum Gasteiger partial charge on any atom is -0.0823 e. The molecule has 0 N–H and O–H groups in total. The molecule has 8 heavy (non-hydrogen) atoms. The van der Waals surface area contributed by atoms with E-state index in [1.807, 2.05) is 0 Å². The first kappa shape index (κ1) is 7.57. The second kappa shape index (κ2) is 3.03. The molecule has 48 valence electrons. The zero-order valence-corrected chi connectivity index (χ0v) is 9.22. The van der Waals surface area contributed by atoms with E-state index in [-0.39, 0.29) is 0 Å². The molecule has 0 aliphatic heterocycles. The molecule has 0 heterocycles. The predicted molar refractivity (Wildman–Crippen MR) is 54.0 cm³/mol. The third-order valence-electron chi connectivity index (χ3n) is 1.86. The van der Waals surface area contributed by atoms with Gasteiger partial charge in [0.25, 0.3) is 0 Å². The van der Waals surface area contributed by atoms with Crippen LogP contribution in [0.15, 0.2) is 0 Å². The van der Waals surface area contributed by atoms with Crippen molar-refractivity contribution in [3.8, 4) is 0 Å². The summed E-state index contributed by atoms with van der Waals surface area (Å²) in [4.78, 5) is 0. The second-order valence-corrected chi connectivity index (χ2v) is 5.67. The monoisotopic (exact) mass is 336 g/mol. The Hall–Kier alpha value is 1.46. The summed E-state index contributed by atoms with van der Waals surface area (Å²) in [5.74, 6) is 0.955. The van der Waals surface area contributed by atoms with E-state index >= 15 is 0 Å². The first-order chi connectivity index (χ1) is 3.72. The summed E-state index contributed by atoms with van der Waals surface area (Å²) in [6.07, 6.45) is 2.88. The number of rotatable bonds is 0. The van der Waals surface area contributed by atoms with Gasteiger partial charge in [0.05, 0.1) is 0 Å². The molecule has 2 heteroatoms. The molecule has 0 amide bonds. The van der Waals surface area contributed by atoms with Crippen molar-refractivity contribution in [3.63, 3.8) is 0 Å². The fraction of sp³-hybridized carbons (Fsp3) is 1.00. The van der Waals surface area contributed by atoms with Crippen LogP contribution in [0.4, 0.5) is 0 Å². The van der Waals surface area contributed by atoms with Crippen molar-refractivity contribution in [2.24, 2.45) is 5.92 Å². The molecule has 0 nitrogen and oxygen atoms in total. The van der Waals surface area contributed by atoms with Gasteiger partial charge in [0.2, 0.25) is 0 Å². The lowest BCUT2D eigenvalue weighted by molar-refractivity contribution is 0.668. The van der Waals surface area contributed by atoms with Gasteiger partial charge in [-0.05, 0) is 18.8 Å². The van der Waals surface area contributed by atoms with Gasteiger partial charge in [-0.1, -0.05) is 52.1 Å². The molecule has 1 aliphatic rings. The van der Waals surface area contributed by atoms with Crippen LogP contribution in [0, 0.1) is 5.92 Å². The van der Waals surface area contributed by atoms with Gasteiger partial charge >= 0.3 is 0 Å². The lowest BCUT2D eigenvalue weighted by atomic mass is 10.1. The molecule has 2 unspecified atom stereocenters. The summed E-state index contributed by atoms with van der Waals surface area (Å²) in [6, 6.07) is 0. The lowest BCUT2D eigenvalue weighted by Crippen LogP contribution is -2.08. The van der Waals surface area contributed by atoms with Crippen molar-refractivity contribution in [1.29, 1.82) is 0 Å². The van der Waals surface area contributed by atoms with Gasteiger partial charge in [-0.25, -0.2) is 0 Å². The van der Waals surface area contributed by atoms with Crippen molar-refractivity contribution in [1.82, 2.24) is 0 Å². The van der Waals surface area contributed by atoms with E-state index in [1.165, 1.54) is 12.8 Å². The van der Waals surface area contributed by atoms with Gasteiger partial charge in [0, 0.05) is 7.85 Å². The number of halogens is 2. The second-order valence-electron chi connectivity index (χ2n) is 2.47. The van der Waals surface area contributed by atoms with Crippen LogP contribution < -0.4 is 0 Å². The van der Waals surface area contributed by atoms with Crippen molar-refractivity contribution in [2.45, 2.75) is 27.6 Å². The Balaban J connectivity index is 2.44. The quantitative estimate of drug-likeness (QED) is 0.471. The smallest absolute Gasteiger partial charge is 0.0146 e. The predicted octanol–water partition coefficient (Wildman–Crippen LogP) is 3.02. The van der Waals surface area contributed by atoms with Crippen LogP contribution in [-0.2, 0) is 0 Å². The van der Waals surface area contributed by atoms with Crippen LogP contribution in [0.25, 0.3) is 0 Å². The molecule has 0 aromatic carbocycles. The normalized spacial score (nSPS) is 47.6. The molecule has 0 radical (unpaired) electrons.